The van der Waals surface area contributed by atoms with Gasteiger partial charge in [-0.2, -0.15) is 0 Å². The lowest BCUT2D eigenvalue weighted by Crippen LogP contribution is -2.31. The third-order valence-electron chi connectivity index (χ3n) is 3.44. The van der Waals surface area contributed by atoms with Gasteiger partial charge in [-0.3, -0.25) is 4.79 Å². The molecule has 0 unspecified atom stereocenters. The molecular formula is C16H16N2O6. The molecule has 0 radical (unpaired) electrons. The lowest BCUT2D eigenvalue weighted by molar-refractivity contribution is -0.124. The van der Waals surface area contributed by atoms with Crippen LogP contribution in [0.2, 0.25) is 0 Å². The van der Waals surface area contributed by atoms with Gasteiger partial charge < -0.3 is 24.1 Å². The minimum Gasteiger partial charge on any atom is -0.454 e. The predicted molar refractivity (Wildman–Crippen MR) is 80.6 cm³/mol. The van der Waals surface area contributed by atoms with Gasteiger partial charge in [-0.1, -0.05) is 11.2 Å². The van der Waals surface area contributed by atoms with Crippen molar-refractivity contribution in [3.63, 3.8) is 0 Å². The third-order valence-corrected chi connectivity index (χ3v) is 3.44. The van der Waals surface area contributed by atoms with Crippen LogP contribution in [0.15, 0.2) is 28.8 Å². The first-order valence-electron chi connectivity index (χ1n) is 7.32. The van der Waals surface area contributed by atoms with Crippen molar-refractivity contribution in [1.82, 2.24) is 10.5 Å². The van der Waals surface area contributed by atoms with Crippen LogP contribution < -0.4 is 14.8 Å². The van der Waals surface area contributed by atoms with Crippen molar-refractivity contribution < 1.29 is 28.3 Å². The second kappa shape index (κ2) is 6.61. The van der Waals surface area contributed by atoms with Gasteiger partial charge in [0.25, 0.3) is 5.91 Å². The highest BCUT2D eigenvalue weighted by molar-refractivity contribution is 5.88. The summed E-state index contributed by atoms with van der Waals surface area (Å²) in [5.41, 5.74) is 1.41. The Morgan fingerprint density at radius 3 is 2.83 bits per heavy atom. The molecule has 1 amide bonds. The van der Waals surface area contributed by atoms with E-state index in [1.165, 1.54) is 6.07 Å². The fourth-order valence-electron chi connectivity index (χ4n) is 2.21. The molecule has 0 saturated heterocycles. The second-order valence-corrected chi connectivity index (χ2v) is 5.31. The largest absolute Gasteiger partial charge is 0.454 e. The lowest BCUT2D eigenvalue weighted by atomic mass is 10.1. The normalized spacial score (nSPS) is 13.4. The van der Waals surface area contributed by atoms with Gasteiger partial charge >= 0.3 is 5.97 Å². The highest BCUT2D eigenvalue weighted by Crippen LogP contribution is 2.34. The fraction of sp³-hybridized carbons (Fsp3) is 0.312. The molecule has 1 atom stereocenters. The first-order chi connectivity index (χ1) is 11.5. The Labute approximate surface area is 137 Å². The summed E-state index contributed by atoms with van der Waals surface area (Å²) in [6, 6.07) is 6.58. The zero-order valence-corrected chi connectivity index (χ0v) is 13.2. The van der Waals surface area contributed by atoms with Crippen LogP contribution in [0.25, 0.3) is 0 Å². The van der Waals surface area contributed by atoms with Crippen LogP contribution in [0.5, 0.6) is 11.5 Å². The summed E-state index contributed by atoms with van der Waals surface area (Å²) < 4.78 is 20.2. The summed E-state index contributed by atoms with van der Waals surface area (Å²) in [7, 11) is 0. The van der Waals surface area contributed by atoms with Crippen LogP contribution in [0.3, 0.4) is 0 Å². The molecule has 0 bridgehead atoms. The molecule has 2 heterocycles. The molecule has 0 fully saturated rings. The monoisotopic (exact) mass is 332 g/mol. The molecule has 1 aromatic carbocycles. The number of nitrogens with zero attached hydrogens (tertiary/aromatic N) is 1. The van der Waals surface area contributed by atoms with Gasteiger partial charge in [-0.05, 0) is 31.5 Å². The number of carbonyl (C=O) groups excluding carboxylic acids is 2. The van der Waals surface area contributed by atoms with Crippen LogP contribution in [0.4, 0.5) is 0 Å². The molecule has 1 N–H and O–H groups in total. The molecular weight excluding hydrogens is 316 g/mol. The van der Waals surface area contributed by atoms with E-state index in [1.807, 2.05) is 13.0 Å². The van der Waals surface area contributed by atoms with Crippen molar-refractivity contribution in [3.05, 3.63) is 41.3 Å². The number of aryl methyl sites for hydroxylation is 1. The SMILES string of the molecule is Cc1cc(C(=O)OCC(=O)N[C@H](C)c2ccc3c(c2)OCO3)on1. The maximum Gasteiger partial charge on any atom is 0.377 e. The van der Waals surface area contributed by atoms with E-state index in [4.69, 9.17) is 18.7 Å². The molecule has 2 aromatic rings. The third kappa shape index (κ3) is 3.48. The highest BCUT2D eigenvalue weighted by atomic mass is 16.7. The van der Waals surface area contributed by atoms with Crippen LogP contribution >= 0.6 is 0 Å². The maximum absolute atomic E-state index is 11.9. The number of carbonyl (C=O) groups is 2. The number of benzene rings is 1. The van der Waals surface area contributed by atoms with E-state index in [0.717, 1.165) is 5.56 Å². The Bertz CT molecular complexity index is 770. The highest BCUT2D eigenvalue weighted by Gasteiger charge is 2.18. The summed E-state index contributed by atoms with van der Waals surface area (Å²) in [5.74, 6) is 0.115. The molecule has 0 spiro atoms. The number of ether oxygens (including phenoxy) is 3. The van der Waals surface area contributed by atoms with Crippen molar-refractivity contribution >= 4 is 11.9 Å². The fourth-order valence-corrected chi connectivity index (χ4v) is 2.21. The van der Waals surface area contributed by atoms with E-state index in [2.05, 4.69) is 10.5 Å². The van der Waals surface area contributed by atoms with Crippen molar-refractivity contribution in [2.24, 2.45) is 0 Å². The molecule has 8 nitrogen and oxygen atoms in total. The Balaban J connectivity index is 1.52. The number of hydrogen-bond acceptors (Lipinski definition) is 7. The molecule has 0 saturated carbocycles. The summed E-state index contributed by atoms with van der Waals surface area (Å²) >= 11 is 0. The van der Waals surface area contributed by atoms with E-state index >= 15 is 0 Å². The van der Waals surface area contributed by atoms with E-state index < -0.39 is 18.5 Å². The standard InChI is InChI=1S/C16H16N2O6/c1-9-5-14(24-18-9)16(20)21-7-15(19)17-10(2)11-3-4-12-13(6-11)23-8-22-12/h3-6,10H,7-8H2,1-2H3,(H,17,19)/t10-/m1/s1. The van der Waals surface area contributed by atoms with Gasteiger partial charge in [0.2, 0.25) is 12.6 Å². The first kappa shape index (κ1) is 15.9. The quantitative estimate of drug-likeness (QED) is 0.832. The van der Waals surface area contributed by atoms with Crippen molar-refractivity contribution in [2.75, 3.05) is 13.4 Å². The second-order valence-electron chi connectivity index (χ2n) is 5.31. The first-order valence-corrected chi connectivity index (χ1v) is 7.32. The Hall–Kier alpha value is -3.03. The average Bonchev–Trinajstić information content (AvgIpc) is 3.20. The van der Waals surface area contributed by atoms with Crippen molar-refractivity contribution in [2.45, 2.75) is 19.9 Å². The minimum absolute atomic E-state index is 0.0379. The topological polar surface area (TPSA) is 99.9 Å². The lowest BCUT2D eigenvalue weighted by Gasteiger charge is -2.14. The zero-order valence-electron chi connectivity index (χ0n) is 13.2. The average molecular weight is 332 g/mol. The summed E-state index contributed by atoms with van der Waals surface area (Å²) in [4.78, 5) is 23.6. The van der Waals surface area contributed by atoms with E-state index in [1.54, 1.807) is 19.1 Å². The van der Waals surface area contributed by atoms with Crippen LogP contribution in [0, 0.1) is 6.92 Å². The van der Waals surface area contributed by atoms with Crippen LogP contribution in [0.1, 0.15) is 34.8 Å². The smallest absolute Gasteiger partial charge is 0.377 e. The molecule has 8 heteroatoms. The Morgan fingerprint density at radius 1 is 1.29 bits per heavy atom. The Kier molecular flexibility index (Phi) is 4.37. The molecule has 1 aromatic heterocycles. The molecule has 1 aliphatic rings. The van der Waals surface area contributed by atoms with E-state index in [-0.39, 0.29) is 18.6 Å². The van der Waals surface area contributed by atoms with Gasteiger partial charge in [0.05, 0.1) is 11.7 Å². The number of esters is 1. The summed E-state index contributed by atoms with van der Waals surface area (Å²) in [5, 5.41) is 6.32. The van der Waals surface area contributed by atoms with Crippen molar-refractivity contribution in [1.29, 1.82) is 0 Å². The number of nitrogens with one attached hydrogen (secondary N) is 1. The molecule has 126 valence electrons. The predicted octanol–water partition coefficient (Wildman–Crippen LogP) is 1.75. The summed E-state index contributed by atoms with van der Waals surface area (Å²) in [6.45, 7) is 3.28. The Morgan fingerprint density at radius 2 is 2.08 bits per heavy atom. The van der Waals surface area contributed by atoms with Gasteiger partial charge in [0.15, 0.2) is 18.1 Å². The molecule has 24 heavy (non-hydrogen) atoms. The maximum atomic E-state index is 11.9. The van der Waals surface area contributed by atoms with E-state index in [0.29, 0.717) is 17.2 Å². The van der Waals surface area contributed by atoms with E-state index in [9.17, 15) is 9.59 Å². The van der Waals surface area contributed by atoms with Gasteiger partial charge in [-0.25, -0.2) is 4.79 Å². The number of hydrogen-bond donors (Lipinski definition) is 1. The summed E-state index contributed by atoms with van der Waals surface area (Å²) in [6.07, 6.45) is 0. The van der Waals surface area contributed by atoms with Gasteiger partial charge in [0, 0.05) is 6.07 Å². The van der Waals surface area contributed by atoms with Crippen molar-refractivity contribution in [3.8, 4) is 11.5 Å². The minimum atomic E-state index is -0.735. The molecule has 3 rings (SSSR count). The van der Waals surface area contributed by atoms with Gasteiger partial charge in [-0.15, -0.1) is 0 Å². The molecule has 0 aliphatic carbocycles. The number of rotatable bonds is 5. The zero-order chi connectivity index (χ0) is 17.1. The van der Waals surface area contributed by atoms with Crippen LogP contribution in [-0.4, -0.2) is 30.4 Å². The number of fused-ring (bicyclic) bond motifs is 1. The van der Waals surface area contributed by atoms with Gasteiger partial charge in [0.1, 0.15) is 0 Å². The number of amides is 1. The van der Waals surface area contributed by atoms with Crippen LogP contribution in [-0.2, 0) is 9.53 Å². The molecule has 1 aliphatic heterocycles. The number of aromatic nitrogens is 1.